The maximum absolute atomic E-state index is 5.01. The van der Waals surface area contributed by atoms with Gasteiger partial charge in [-0.3, -0.25) is 0 Å². The molecule has 0 nitrogen and oxygen atoms in total. The summed E-state index contributed by atoms with van der Waals surface area (Å²) in [6, 6.07) is 0. The first-order valence-corrected chi connectivity index (χ1v) is 2.52. The summed E-state index contributed by atoms with van der Waals surface area (Å²) < 4.78 is -0.118. The summed E-state index contributed by atoms with van der Waals surface area (Å²) in [5.41, 5.74) is 0. The quantitative estimate of drug-likeness (QED) is 0.362. The lowest BCUT2D eigenvalue weighted by Crippen LogP contribution is -2.02. The molecule has 0 atom stereocenters. The molecule has 0 spiro atoms. The lowest BCUT2D eigenvalue weighted by molar-refractivity contribution is 0.958. The van der Waals surface area contributed by atoms with Crippen LogP contribution >= 0.6 is 15.9 Å². The van der Waals surface area contributed by atoms with Crippen LogP contribution in [-0.2, 0) is 0 Å². The minimum absolute atomic E-state index is 0.118. The van der Waals surface area contributed by atoms with Gasteiger partial charge in [0.15, 0.2) is 0 Å². The molecule has 0 unspecified atom stereocenters. The molecular formula is C5H7Br. The number of terminal acetylenes is 1. The van der Waals surface area contributed by atoms with Gasteiger partial charge in [-0.25, -0.2) is 0 Å². The highest BCUT2D eigenvalue weighted by Gasteiger charge is 2.03. The van der Waals surface area contributed by atoms with Crippen LogP contribution in [0.1, 0.15) is 13.8 Å². The fourth-order valence-electron chi connectivity index (χ4n) is 0. The van der Waals surface area contributed by atoms with Crippen molar-refractivity contribution in [3.8, 4) is 12.3 Å². The summed E-state index contributed by atoms with van der Waals surface area (Å²) >= 11 is 3.24. The van der Waals surface area contributed by atoms with E-state index in [1.54, 1.807) is 0 Å². The van der Waals surface area contributed by atoms with Gasteiger partial charge in [0.1, 0.15) is 0 Å². The van der Waals surface area contributed by atoms with E-state index in [-0.39, 0.29) is 4.32 Å². The van der Waals surface area contributed by atoms with E-state index in [2.05, 4.69) is 21.9 Å². The highest BCUT2D eigenvalue weighted by atomic mass is 79.9. The predicted molar refractivity (Wildman–Crippen MR) is 31.8 cm³/mol. The molecule has 0 rings (SSSR count). The lowest BCUT2D eigenvalue weighted by atomic mass is 10.2. The zero-order chi connectivity index (χ0) is 5.21. The van der Waals surface area contributed by atoms with Crippen molar-refractivity contribution in [2.45, 2.75) is 18.2 Å². The molecule has 0 aliphatic heterocycles. The molecular weight excluding hydrogens is 140 g/mol. The number of halogens is 1. The summed E-state index contributed by atoms with van der Waals surface area (Å²) in [5.74, 6) is 2.52. The SMILES string of the molecule is C#CC(C)(C)Br. The van der Waals surface area contributed by atoms with Crippen molar-refractivity contribution >= 4 is 15.9 Å². The van der Waals surface area contributed by atoms with Gasteiger partial charge >= 0.3 is 0 Å². The molecule has 0 aliphatic carbocycles. The van der Waals surface area contributed by atoms with Crippen molar-refractivity contribution in [1.29, 1.82) is 0 Å². The van der Waals surface area contributed by atoms with E-state index in [0.717, 1.165) is 0 Å². The maximum atomic E-state index is 5.01. The molecule has 0 radical (unpaired) electrons. The minimum atomic E-state index is -0.118. The van der Waals surface area contributed by atoms with Gasteiger partial charge in [-0.1, -0.05) is 21.9 Å². The minimum Gasteiger partial charge on any atom is -0.119 e. The van der Waals surface area contributed by atoms with Gasteiger partial charge in [0.2, 0.25) is 0 Å². The van der Waals surface area contributed by atoms with E-state index in [1.807, 2.05) is 13.8 Å². The van der Waals surface area contributed by atoms with Gasteiger partial charge in [0.25, 0.3) is 0 Å². The Hall–Kier alpha value is 0.0400. The first-order chi connectivity index (χ1) is 2.56. The van der Waals surface area contributed by atoms with E-state index in [0.29, 0.717) is 0 Å². The van der Waals surface area contributed by atoms with Crippen LogP contribution in [0.4, 0.5) is 0 Å². The lowest BCUT2D eigenvalue weighted by Gasteiger charge is -2.01. The molecule has 0 aliphatic rings. The summed E-state index contributed by atoms with van der Waals surface area (Å²) in [7, 11) is 0. The summed E-state index contributed by atoms with van der Waals surface area (Å²) in [6.45, 7) is 3.85. The van der Waals surface area contributed by atoms with Crippen molar-refractivity contribution < 1.29 is 0 Å². The van der Waals surface area contributed by atoms with Crippen molar-refractivity contribution in [1.82, 2.24) is 0 Å². The van der Waals surface area contributed by atoms with Gasteiger partial charge < -0.3 is 0 Å². The number of hydrogen-bond acceptors (Lipinski definition) is 0. The van der Waals surface area contributed by atoms with Crippen LogP contribution in [0.5, 0.6) is 0 Å². The Balaban J connectivity index is 3.55. The summed E-state index contributed by atoms with van der Waals surface area (Å²) in [4.78, 5) is 0. The van der Waals surface area contributed by atoms with Crippen molar-refractivity contribution in [3.63, 3.8) is 0 Å². The van der Waals surface area contributed by atoms with Crippen molar-refractivity contribution in [2.75, 3.05) is 0 Å². The molecule has 0 bridgehead atoms. The molecule has 1 heteroatoms. The first-order valence-electron chi connectivity index (χ1n) is 1.73. The van der Waals surface area contributed by atoms with E-state index in [4.69, 9.17) is 6.42 Å². The summed E-state index contributed by atoms with van der Waals surface area (Å²) in [5, 5.41) is 0. The molecule has 0 aromatic heterocycles. The molecule has 0 saturated carbocycles. The second-order valence-electron chi connectivity index (χ2n) is 1.62. The molecule has 34 valence electrons. The molecule has 0 N–H and O–H groups in total. The third-order valence-electron chi connectivity index (χ3n) is 0.343. The molecule has 0 aromatic carbocycles. The molecule has 0 fully saturated rings. The first kappa shape index (κ1) is 6.04. The molecule has 6 heavy (non-hydrogen) atoms. The molecule has 0 heterocycles. The fraction of sp³-hybridized carbons (Fsp3) is 0.600. The zero-order valence-corrected chi connectivity index (χ0v) is 5.54. The Morgan fingerprint density at radius 1 is 1.67 bits per heavy atom. The largest absolute Gasteiger partial charge is 0.119 e. The number of alkyl halides is 1. The van der Waals surface area contributed by atoms with Gasteiger partial charge in [-0.05, 0) is 13.8 Å². The Bertz CT molecular complexity index is 70.9. The highest BCUT2D eigenvalue weighted by molar-refractivity contribution is 9.10. The summed E-state index contributed by atoms with van der Waals surface area (Å²) in [6.07, 6.45) is 5.01. The monoisotopic (exact) mass is 146 g/mol. The predicted octanol–water partition coefficient (Wildman–Crippen LogP) is 1.79. The van der Waals surface area contributed by atoms with Crippen LogP contribution in [0.3, 0.4) is 0 Å². The number of hydrogen-bond donors (Lipinski definition) is 0. The molecule has 0 saturated heterocycles. The van der Waals surface area contributed by atoms with Crippen molar-refractivity contribution in [3.05, 3.63) is 0 Å². The van der Waals surface area contributed by atoms with E-state index in [9.17, 15) is 0 Å². The van der Waals surface area contributed by atoms with Crippen molar-refractivity contribution in [2.24, 2.45) is 0 Å². The van der Waals surface area contributed by atoms with Gasteiger partial charge in [-0.15, -0.1) is 6.42 Å². The van der Waals surface area contributed by atoms with Crippen LogP contribution in [0, 0.1) is 12.3 Å². The average molecular weight is 147 g/mol. The third-order valence-corrected chi connectivity index (χ3v) is 0.572. The molecule has 0 aromatic rings. The second kappa shape index (κ2) is 1.66. The van der Waals surface area contributed by atoms with Crippen LogP contribution in [-0.4, -0.2) is 4.32 Å². The Labute approximate surface area is 47.1 Å². The standard InChI is InChI=1S/C5H7Br/c1-4-5(2,3)6/h1H,2-3H3. The maximum Gasteiger partial charge on any atom is 0.0803 e. The van der Waals surface area contributed by atoms with E-state index < -0.39 is 0 Å². The zero-order valence-electron chi connectivity index (χ0n) is 3.96. The van der Waals surface area contributed by atoms with E-state index in [1.165, 1.54) is 0 Å². The van der Waals surface area contributed by atoms with Gasteiger partial charge in [0.05, 0.1) is 4.32 Å². The average Bonchev–Trinajstić information content (AvgIpc) is 1.35. The van der Waals surface area contributed by atoms with Gasteiger partial charge in [0, 0.05) is 0 Å². The number of rotatable bonds is 0. The van der Waals surface area contributed by atoms with Gasteiger partial charge in [-0.2, -0.15) is 0 Å². The Morgan fingerprint density at radius 2 is 1.83 bits per heavy atom. The van der Waals surface area contributed by atoms with Crippen LogP contribution in [0.25, 0.3) is 0 Å². The van der Waals surface area contributed by atoms with Crippen LogP contribution < -0.4 is 0 Å². The topological polar surface area (TPSA) is 0 Å². The van der Waals surface area contributed by atoms with Crippen LogP contribution in [0.2, 0.25) is 0 Å². The highest BCUT2D eigenvalue weighted by Crippen LogP contribution is 2.11. The second-order valence-corrected chi connectivity index (χ2v) is 3.60. The Morgan fingerprint density at radius 3 is 1.83 bits per heavy atom. The third kappa shape index (κ3) is 4.04. The van der Waals surface area contributed by atoms with E-state index >= 15 is 0 Å². The normalized spacial score (nSPS) is 10.3. The fourth-order valence-corrected chi connectivity index (χ4v) is 0. The molecule has 0 amide bonds. The smallest absolute Gasteiger partial charge is 0.0803 e. The van der Waals surface area contributed by atoms with Crippen LogP contribution in [0.15, 0.2) is 0 Å². The Kier molecular flexibility index (Phi) is 1.67.